The van der Waals surface area contributed by atoms with Crippen LogP contribution >= 0.6 is 0 Å². The Morgan fingerprint density at radius 3 is 2.03 bits per heavy atom. The highest BCUT2D eigenvalue weighted by Crippen LogP contribution is 2.21. The van der Waals surface area contributed by atoms with E-state index in [9.17, 15) is 9.59 Å². The van der Waals surface area contributed by atoms with E-state index < -0.39 is 5.54 Å². The van der Waals surface area contributed by atoms with E-state index in [0.29, 0.717) is 17.9 Å². The maximum Gasteiger partial charge on any atom is 0.248 e. The average molecular weight is 395 g/mol. The summed E-state index contributed by atoms with van der Waals surface area (Å²) in [5.74, 6) is -0.302. The van der Waals surface area contributed by atoms with Crippen LogP contribution in [-0.2, 0) is 15.1 Å². The monoisotopic (exact) mass is 394 g/mol. The standard InChI is InChI=1S/C23H30N4O2/c1-23(24,18-9-5-4-6-10-18)22(29)26-20-13-11-19(12-14-20)25-21(28)17-27-15-7-2-3-8-16-27/h4-6,9-14H,2-3,7-8,15-17,24H2,1H3,(H,25,28)(H,26,29). The highest BCUT2D eigenvalue weighted by molar-refractivity contribution is 5.98. The van der Waals surface area contributed by atoms with Gasteiger partial charge in [0.25, 0.3) is 0 Å². The summed E-state index contributed by atoms with van der Waals surface area (Å²) in [6.45, 7) is 4.07. The van der Waals surface area contributed by atoms with Gasteiger partial charge in [0, 0.05) is 11.4 Å². The highest BCUT2D eigenvalue weighted by atomic mass is 16.2. The summed E-state index contributed by atoms with van der Waals surface area (Å²) in [4.78, 5) is 27.2. The van der Waals surface area contributed by atoms with E-state index in [4.69, 9.17) is 5.73 Å². The predicted molar refractivity (Wildman–Crippen MR) is 117 cm³/mol. The van der Waals surface area contributed by atoms with Gasteiger partial charge < -0.3 is 16.4 Å². The predicted octanol–water partition coefficient (Wildman–Crippen LogP) is 3.31. The third-order valence-electron chi connectivity index (χ3n) is 5.34. The summed E-state index contributed by atoms with van der Waals surface area (Å²) in [6.07, 6.45) is 4.81. The molecule has 3 rings (SSSR count). The molecule has 1 saturated heterocycles. The van der Waals surface area contributed by atoms with Gasteiger partial charge in [0.1, 0.15) is 5.54 Å². The Hall–Kier alpha value is -2.70. The Labute approximate surface area is 172 Å². The summed E-state index contributed by atoms with van der Waals surface area (Å²) in [7, 11) is 0. The lowest BCUT2D eigenvalue weighted by Crippen LogP contribution is -2.45. The van der Waals surface area contributed by atoms with E-state index in [1.807, 2.05) is 30.3 Å². The summed E-state index contributed by atoms with van der Waals surface area (Å²) in [5, 5.41) is 5.78. The fraction of sp³-hybridized carbons (Fsp3) is 0.391. The van der Waals surface area contributed by atoms with Crippen molar-refractivity contribution in [3.05, 3.63) is 60.2 Å². The molecule has 29 heavy (non-hydrogen) atoms. The smallest absolute Gasteiger partial charge is 0.248 e. The summed E-state index contributed by atoms with van der Waals surface area (Å²) in [5.41, 5.74) is 7.20. The molecule has 1 heterocycles. The van der Waals surface area contributed by atoms with Crippen LogP contribution in [0.15, 0.2) is 54.6 Å². The fourth-order valence-corrected chi connectivity index (χ4v) is 3.51. The van der Waals surface area contributed by atoms with Crippen LogP contribution in [0.3, 0.4) is 0 Å². The van der Waals surface area contributed by atoms with Crippen molar-refractivity contribution < 1.29 is 9.59 Å². The second-order valence-electron chi connectivity index (χ2n) is 7.84. The van der Waals surface area contributed by atoms with Gasteiger partial charge in [-0.1, -0.05) is 43.2 Å². The second-order valence-corrected chi connectivity index (χ2v) is 7.84. The van der Waals surface area contributed by atoms with Crippen molar-refractivity contribution in [2.75, 3.05) is 30.3 Å². The van der Waals surface area contributed by atoms with Crippen LogP contribution in [0.5, 0.6) is 0 Å². The molecule has 1 fully saturated rings. The molecule has 0 aromatic heterocycles. The van der Waals surface area contributed by atoms with Gasteiger partial charge in [-0.2, -0.15) is 0 Å². The van der Waals surface area contributed by atoms with Crippen molar-refractivity contribution in [2.24, 2.45) is 5.73 Å². The van der Waals surface area contributed by atoms with Crippen LogP contribution in [0, 0.1) is 0 Å². The number of carbonyl (C=O) groups excluding carboxylic acids is 2. The number of hydrogen-bond donors (Lipinski definition) is 3. The molecule has 2 aromatic rings. The number of hydrogen-bond acceptors (Lipinski definition) is 4. The first kappa shape index (κ1) is 21.0. The summed E-state index contributed by atoms with van der Waals surface area (Å²) in [6, 6.07) is 16.4. The number of nitrogens with zero attached hydrogens (tertiary/aromatic N) is 1. The Bertz CT molecular complexity index is 811. The van der Waals surface area contributed by atoms with Gasteiger partial charge in [-0.25, -0.2) is 0 Å². The van der Waals surface area contributed by atoms with E-state index in [2.05, 4.69) is 15.5 Å². The highest BCUT2D eigenvalue weighted by Gasteiger charge is 2.30. The number of anilines is 2. The number of nitrogens with two attached hydrogens (primary N) is 1. The van der Waals surface area contributed by atoms with Crippen LogP contribution in [0.1, 0.15) is 38.2 Å². The number of likely N-dealkylation sites (tertiary alicyclic amines) is 1. The minimum atomic E-state index is -1.14. The Morgan fingerprint density at radius 1 is 0.897 bits per heavy atom. The molecule has 6 heteroatoms. The molecular formula is C23H30N4O2. The van der Waals surface area contributed by atoms with Crippen molar-refractivity contribution >= 4 is 23.2 Å². The Kier molecular flexibility index (Phi) is 7.01. The quantitative estimate of drug-likeness (QED) is 0.701. The molecule has 1 unspecified atom stereocenters. The van der Waals surface area contributed by atoms with Gasteiger partial charge >= 0.3 is 0 Å². The molecule has 0 radical (unpaired) electrons. The Morgan fingerprint density at radius 2 is 1.45 bits per heavy atom. The van der Waals surface area contributed by atoms with Crippen LogP contribution in [-0.4, -0.2) is 36.3 Å². The molecule has 6 nitrogen and oxygen atoms in total. The molecule has 0 spiro atoms. The SMILES string of the molecule is CC(N)(C(=O)Nc1ccc(NC(=O)CN2CCCCCC2)cc1)c1ccccc1. The molecule has 154 valence electrons. The van der Waals surface area contributed by atoms with Crippen molar-refractivity contribution in [2.45, 2.75) is 38.1 Å². The van der Waals surface area contributed by atoms with Gasteiger partial charge in [0.15, 0.2) is 0 Å². The number of rotatable bonds is 6. The zero-order valence-corrected chi connectivity index (χ0v) is 17.0. The molecule has 1 aliphatic heterocycles. The van der Waals surface area contributed by atoms with Gasteiger partial charge in [0.2, 0.25) is 11.8 Å². The summed E-state index contributed by atoms with van der Waals surface area (Å²) >= 11 is 0. The van der Waals surface area contributed by atoms with E-state index in [1.165, 1.54) is 12.8 Å². The maximum absolute atomic E-state index is 12.6. The molecule has 2 aromatic carbocycles. The molecule has 0 aliphatic carbocycles. The number of amides is 2. The van der Waals surface area contributed by atoms with Gasteiger partial charge in [-0.15, -0.1) is 0 Å². The molecular weight excluding hydrogens is 364 g/mol. The first-order chi connectivity index (χ1) is 13.9. The van der Waals surface area contributed by atoms with Gasteiger partial charge in [-0.05, 0) is 62.7 Å². The van der Waals surface area contributed by atoms with Crippen LogP contribution in [0.25, 0.3) is 0 Å². The first-order valence-electron chi connectivity index (χ1n) is 10.2. The number of benzene rings is 2. The van der Waals surface area contributed by atoms with Gasteiger partial charge in [0.05, 0.1) is 6.54 Å². The number of nitrogens with one attached hydrogen (secondary N) is 2. The topological polar surface area (TPSA) is 87.5 Å². The number of carbonyl (C=O) groups is 2. The molecule has 4 N–H and O–H groups in total. The molecule has 0 saturated carbocycles. The van der Waals surface area contributed by atoms with Crippen LogP contribution < -0.4 is 16.4 Å². The lowest BCUT2D eigenvalue weighted by molar-refractivity contribution is -0.121. The third kappa shape index (κ3) is 5.89. The van der Waals surface area contributed by atoms with E-state index in [-0.39, 0.29) is 11.8 Å². The van der Waals surface area contributed by atoms with E-state index >= 15 is 0 Å². The van der Waals surface area contributed by atoms with Crippen molar-refractivity contribution in [1.82, 2.24) is 4.90 Å². The molecule has 1 atom stereocenters. The first-order valence-corrected chi connectivity index (χ1v) is 10.2. The minimum Gasteiger partial charge on any atom is -0.325 e. The molecule has 0 bridgehead atoms. The second kappa shape index (κ2) is 9.67. The van der Waals surface area contributed by atoms with Crippen molar-refractivity contribution in [1.29, 1.82) is 0 Å². The van der Waals surface area contributed by atoms with Crippen LogP contribution in [0.4, 0.5) is 11.4 Å². The van der Waals surface area contributed by atoms with Crippen LogP contribution in [0.2, 0.25) is 0 Å². The molecule has 1 aliphatic rings. The van der Waals surface area contributed by atoms with E-state index in [0.717, 1.165) is 31.5 Å². The van der Waals surface area contributed by atoms with Gasteiger partial charge in [-0.3, -0.25) is 14.5 Å². The zero-order valence-electron chi connectivity index (χ0n) is 17.0. The third-order valence-corrected chi connectivity index (χ3v) is 5.34. The average Bonchev–Trinajstić information content (AvgIpc) is 2.98. The largest absolute Gasteiger partial charge is 0.325 e. The van der Waals surface area contributed by atoms with Crippen molar-refractivity contribution in [3.8, 4) is 0 Å². The fourth-order valence-electron chi connectivity index (χ4n) is 3.51. The van der Waals surface area contributed by atoms with Crippen molar-refractivity contribution in [3.63, 3.8) is 0 Å². The summed E-state index contributed by atoms with van der Waals surface area (Å²) < 4.78 is 0. The molecule has 2 amide bonds. The lowest BCUT2D eigenvalue weighted by Gasteiger charge is -2.24. The lowest BCUT2D eigenvalue weighted by atomic mass is 9.92. The maximum atomic E-state index is 12.6. The minimum absolute atomic E-state index is 0.0118. The van der Waals surface area contributed by atoms with E-state index in [1.54, 1.807) is 31.2 Å². The Balaban J connectivity index is 1.54. The zero-order chi connectivity index (χ0) is 20.7. The normalized spacial score (nSPS) is 17.0.